The van der Waals surface area contributed by atoms with Gasteiger partial charge in [-0.05, 0) is 73.4 Å². The Morgan fingerprint density at radius 1 is 1.00 bits per heavy atom. The second kappa shape index (κ2) is 12.7. The molecule has 0 radical (unpaired) electrons. The van der Waals surface area contributed by atoms with E-state index in [-0.39, 0.29) is 12.3 Å². The third-order valence-corrected chi connectivity index (χ3v) is 7.04. The minimum absolute atomic E-state index is 0.0346. The molecule has 1 N–H and O–H groups in total. The first-order chi connectivity index (χ1) is 18.4. The maximum absolute atomic E-state index is 12.5. The van der Waals surface area contributed by atoms with Gasteiger partial charge in [-0.15, -0.1) is 0 Å². The van der Waals surface area contributed by atoms with Gasteiger partial charge in [0.15, 0.2) is 11.5 Å². The van der Waals surface area contributed by atoms with Crippen LogP contribution in [-0.4, -0.2) is 42.8 Å². The number of hydrogen-bond acceptors (Lipinski definition) is 5. The predicted molar refractivity (Wildman–Crippen MR) is 151 cm³/mol. The number of carbonyl (C=O) groups is 1. The number of aromatic nitrogens is 2. The van der Waals surface area contributed by atoms with Gasteiger partial charge in [-0.1, -0.05) is 29.8 Å². The highest BCUT2D eigenvalue weighted by Gasteiger charge is 2.12. The molecule has 0 spiro atoms. The highest BCUT2D eigenvalue weighted by atomic mass is 35.5. The summed E-state index contributed by atoms with van der Waals surface area (Å²) in [6.07, 6.45) is 1.79. The second-order valence-corrected chi connectivity index (χ2v) is 9.59. The van der Waals surface area contributed by atoms with E-state index in [0.717, 1.165) is 57.2 Å². The maximum Gasteiger partial charge on any atom is 0.224 e. The van der Waals surface area contributed by atoms with Gasteiger partial charge >= 0.3 is 0 Å². The lowest BCUT2D eigenvalue weighted by molar-refractivity contribution is -0.120. The van der Waals surface area contributed by atoms with E-state index in [4.69, 9.17) is 30.8 Å². The van der Waals surface area contributed by atoms with Crippen molar-refractivity contribution in [2.75, 3.05) is 27.4 Å². The number of carbonyl (C=O) groups excluding carboxylic acids is 1. The van der Waals surface area contributed by atoms with Gasteiger partial charge in [-0.2, -0.15) is 0 Å². The molecular formula is C30H34ClN3O4. The van der Waals surface area contributed by atoms with Crippen molar-refractivity contribution in [3.05, 3.63) is 82.1 Å². The van der Waals surface area contributed by atoms with Crippen LogP contribution in [0.2, 0.25) is 5.02 Å². The normalized spacial score (nSPS) is 11.0. The fourth-order valence-corrected chi connectivity index (χ4v) is 4.63. The van der Waals surface area contributed by atoms with Gasteiger partial charge < -0.3 is 24.1 Å². The molecule has 0 fully saturated rings. The number of benzene rings is 3. The summed E-state index contributed by atoms with van der Waals surface area (Å²) < 4.78 is 18.9. The number of nitrogens with zero attached hydrogens (tertiary/aromatic N) is 2. The van der Waals surface area contributed by atoms with Crippen molar-refractivity contribution >= 4 is 28.5 Å². The number of para-hydroxylation sites is 2. The number of halogens is 1. The van der Waals surface area contributed by atoms with E-state index in [2.05, 4.69) is 16.0 Å². The Morgan fingerprint density at radius 3 is 2.47 bits per heavy atom. The summed E-state index contributed by atoms with van der Waals surface area (Å²) >= 11 is 6.29. The van der Waals surface area contributed by atoms with Crippen LogP contribution in [0.5, 0.6) is 17.2 Å². The SMILES string of the molecule is COc1ccc(CC(=O)NCCCc2nc3ccccc3n2CCOc2cc(C)c(Cl)c(C)c2)cc1OC. The van der Waals surface area contributed by atoms with E-state index in [1.165, 1.54) is 0 Å². The molecule has 3 aromatic carbocycles. The molecule has 0 aliphatic heterocycles. The average molecular weight is 536 g/mol. The fourth-order valence-electron chi connectivity index (χ4n) is 4.52. The molecule has 4 aromatic rings. The third kappa shape index (κ3) is 6.58. The van der Waals surface area contributed by atoms with Crippen molar-refractivity contribution in [1.29, 1.82) is 0 Å². The molecule has 1 aromatic heterocycles. The van der Waals surface area contributed by atoms with Crippen LogP contribution in [-0.2, 0) is 24.2 Å². The van der Waals surface area contributed by atoms with Crippen molar-refractivity contribution in [3.63, 3.8) is 0 Å². The Balaban J connectivity index is 1.33. The molecule has 0 saturated heterocycles. The van der Waals surface area contributed by atoms with E-state index >= 15 is 0 Å². The topological polar surface area (TPSA) is 74.6 Å². The van der Waals surface area contributed by atoms with Gasteiger partial charge in [0.25, 0.3) is 0 Å². The van der Waals surface area contributed by atoms with Gasteiger partial charge in [0.1, 0.15) is 18.2 Å². The van der Waals surface area contributed by atoms with Gasteiger partial charge in [-0.25, -0.2) is 4.98 Å². The Labute approximate surface area is 228 Å². The van der Waals surface area contributed by atoms with E-state index in [1.54, 1.807) is 14.2 Å². The van der Waals surface area contributed by atoms with Crippen LogP contribution in [0, 0.1) is 13.8 Å². The zero-order valence-electron chi connectivity index (χ0n) is 22.3. The lowest BCUT2D eigenvalue weighted by Gasteiger charge is -2.13. The molecule has 0 aliphatic rings. The number of amides is 1. The van der Waals surface area contributed by atoms with Crippen LogP contribution in [0.4, 0.5) is 0 Å². The molecule has 0 unspecified atom stereocenters. The largest absolute Gasteiger partial charge is 0.493 e. The maximum atomic E-state index is 12.5. The van der Waals surface area contributed by atoms with Gasteiger partial charge in [-0.3, -0.25) is 4.79 Å². The van der Waals surface area contributed by atoms with Crippen LogP contribution in [0.1, 0.15) is 28.9 Å². The summed E-state index contributed by atoms with van der Waals surface area (Å²) in [4.78, 5) is 17.4. The van der Waals surface area contributed by atoms with Gasteiger partial charge in [0.2, 0.25) is 5.91 Å². The van der Waals surface area contributed by atoms with Gasteiger partial charge in [0.05, 0.1) is 38.2 Å². The molecule has 0 bridgehead atoms. The lowest BCUT2D eigenvalue weighted by atomic mass is 10.1. The number of ether oxygens (including phenoxy) is 3. The molecule has 8 heteroatoms. The van der Waals surface area contributed by atoms with Crippen molar-refractivity contribution < 1.29 is 19.0 Å². The monoisotopic (exact) mass is 535 g/mol. The number of nitrogens with one attached hydrogen (secondary N) is 1. The number of aryl methyl sites for hydroxylation is 3. The number of hydrogen-bond donors (Lipinski definition) is 1. The molecule has 7 nitrogen and oxygen atoms in total. The Bertz CT molecular complexity index is 1390. The standard InChI is InChI=1S/C30H34ClN3O4/c1-20-16-23(17-21(2)30(20)31)38-15-14-34-25-9-6-5-8-24(25)33-28(34)10-7-13-32-29(35)19-22-11-12-26(36-3)27(18-22)37-4/h5-6,8-9,11-12,16-18H,7,10,13-15,19H2,1-4H3,(H,32,35). The van der Waals surface area contributed by atoms with Crippen molar-refractivity contribution in [1.82, 2.24) is 14.9 Å². The lowest BCUT2D eigenvalue weighted by Crippen LogP contribution is -2.26. The average Bonchev–Trinajstić information content (AvgIpc) is 3.26. The second-order valence-electron chi connectivity index (χ2n) is 9.21. The summed E-state index contributed by atoms with van der Waals surface area (Å²) in [5.74, 6) is 3.01. The molecule has 0 aliphatic carbocycles. The predicted octanol–water partition coefficient (Wildman–Crippen LogP) is 5.69. The van der Waals surface area contributed by atoms with Crippen LogP contribution in [0.25, 0.3) is 11.0 Å². The van der Waals surface area contributed by atoms with E-state index in [0.29, 0.717) is 31.2 Å². The van der Waals surface area contributed by atoms with Crippen LogP contribution in [0.3, 0.4) is 0 Å². The third-order valence-electron chi connectivity index (χ3n) is 6.44. The molecular weight excluding hydrogens is 502 g/mol. The van der Waals surface area contributed by atoms with Crippen LogP contribution >= 0.6 is 11.6 Å². The van der Waals surface area contributed by atoms with E-state index < -0.39 is 0 Å². The van der Waals surface area contributed by atoms with E-state index in [9.17, 15) is 4.79 Å². The number of fused-ring (bicyclic) bond motifs is 1. The summed E-state index contributed by atoms with van der Waals surface area (Å²) in [5, 5.41) is 3.79. The Hall–Kier alpha value is -3.71. The zero-order valence-corrected chi connectivity index (χ0v) is 23.1. The number of methoxy groups -OCH3 is 2. The summed E-state index contributed by atoms with van der Waals surface area (Å²) in [5.41, 5.74) is 4.91. The smallest absolute Gasteiger partial charge is 0.224 e. The highest BCUT2D eigenvalue weighted by Crippen LogP contribution is 2.28. The Morgan fingerprint density at radius 2 is 1.74 bits per heavy atom. The first-order valence-electron chi connectivity index (χ1n) is 12.7. The minimum atomic E-state index is -0.0346. The first-order valence-corrected chi connectivity index (χ1v) is 13.1. The molecule has 1 amide bonds. The van der Waals surface area contributed by atoms with Crippen molar-refractivity contribution in [2.45, 2.75) is 39.7 Å². The molecule has 0 atom stereocenters. The number of rotatable bonds is 12. The van der Waals surface area contributed by atoms with E-state index in [1.807, 2.05) is 62.4 Å². The molecule has 200 valence electrons. The zero-order chi connectivity index (χ0) is 27.1. The molecule has 38 heavy (non-hydrogen) atoms. The summed E-state index contributed by atoms with van der Waals surface area (Å²) in [6.45, 7) is 5.71. The quantitative estimate of drug-likeness (QED) is 0.236. The Kier molecular flexibility index (Phi) is 9.13. The van der Waals surface area contributed by atoms with Gasteiger partial charge in [0, 0.05) is 18.0 Å². The molecule has 1 heterocycles. The first kappa shape index (κ1) is 27.3. The molecule has 0 saturated carbocycles. The van der Waals surface area contributed by atoms with Crippen LogP contribution < -0.4 is 19.5 Å². The molecule has 4 rings (SSSR count). The summed E-state index contributed by atoms with van der Waals surface area (Å²) in [7, 11) is 3.17. The summed E-state index contributed by atoms with van der Waals surface area (Å²) in [6, 6.07) is 17.6. The van der Waals surface area contributed by atoms with Crippen molar-refractivity contribution in [3.8, 4) is 17.2 Å². The van der Waals surface area contributed by atoms with Crippen LogP contribution in [0.15, 0.2) is 54.6 Å². The van der Waals surface area contributed by atoms with Crippen molar-refractivity contribution in [2.24, 2.45) is 0 Å². The highest BCUT2D eigenvalue weighted by molar-refractivity contribution is 6.32. The fraction of sp³-hybridized carbons (Fsp3) is 0.333. The minimum Gasteiger partial charge on any atom is -0.493 e. The number of imidazole rings is 1.